The molecule has 0 radical (unpaired) electrons. The molecule has 0 amide bonds. The maximum atomic E-state index is 12.5. The molecule has 0 unspecified atom stereocenters. The average Bonchev–Trinajstić information content (AvgIpc) is 3.07. The fraction of sp³-hybridized carbons (Fsp3) is 0.474. The molecule has 156 valence electrons. The Morgan fingerprint density at radius 1 is 0.929 bits per heavy atom. The number of hydrogen-bond donors (Lipinski definition) is 0. The van der Waals surface area contributed by atoms with Gasteiger partial charge in [-0.25, -0.2) is 31.1 Å². The number of aromatic nitrogens is 2. The summed E-state index contributed by atoms with van der Waals surface area (Å²) in [5.41, 5.74) is -1.97. The number of carbonyl (C=O) groups excluding carboxylic acids is 1. The first kappa shape index (κ1) is 23.6. The smallest absolute Gasteiger partial charge is 0.243 e. The second kappa shape index (κ2) is 11.4. The number of benzene rings is 1. The van der Waals surface area contributed by atoms with Gasteiger partial charge in [-0.05, 0) is 12.8 Å². The third-order valence-corrected chi connectivity index (χ3v) is 4.01. The lowest BCUT2D eigenvalue weighted by molar-refractivity contribution is -0.671. The number of aromatic carboxylic acids is 1. The lowest BCUT2D eigenvalue weighted by atomic mass is 10.1. The molecule has 0 fully saturated rings. The molecule has 4 nitrogen and oxygen atoms in total. The quantitative estimate of drug-likeness (QED) is 0.222. The van der Waals surface area contributed by atoms with Crippen molar-refractivity contribution in [2.24, 2.45) is 7.05 Å². The predicted octanol–water partition coefficient (Wildman–Crippen LogP) is 3.42. The lowest BCUT2D eigenvalue weighted by Crippen LogP contribution is -2.26. The van der Waals surface area contributed by atoms with E-state index in [1.54, 1.807) is 0 Å². The molecule has 28 heavy (non-hydrogen) atoms. The van der Waals surface area contributed by atoms with Gasteiger partial charge < -0.3 is 9.90 Å². The van der Waals surface area contributed by atoms with Gasteiger partial charge in [0.05, 0.1) is 25.1 Å². The first-order valence-electron chi connectivity index (χ1n) is 8.94. The fourth-order valence-corrected chi connectivity index (χ4v) is 2.49. The van der Waals surface area contributed by atoms with Crippen LogP contribution in [0.5, 0.6) is 0 Å². The van der Waals surface area contributed by atoms with Crippen molar-refractivity contribution in [3.05, 3.63) is 53.4 Å². The van der Waals surface area contributed by atoms with Gasteiger partial charge in [-0.2, -0.15) is 0 Å². The number of rotatable bonds is 8. The van der Waals surface area contributed by atoms with Gasteiger partial charge in [0.25, 0.3) is 0 Å². The van der Waals surface area contributed by atoms with Crippen LogP contribution in [0.2, 0.25) is 0 Å². The molecule has 0 saturated carbocycles. The van der Waals surface area contributed by atoms with Gasteiger partial charge in [-0.3, -0.25) is 0 Å². The Kier molecular flexibility index (Phi) is 9.61. The van der Waals surface area contributed by atoms with Crippen molar-refractivity contribution in [3.63, 3.8) is 0 Å². The molecular weight excluding hydrogens is 383 g/mol. The molecule has 0 aliphatic rings. The number of carboxylic acids is 1. The summed E-state index contributed by atoms with van der Waals surface area (Å²) < 4.78 is 66.3. The van der Waals surface area contributed by atoms with E-state index in [-0.39, 0.29) is 0 Å². The van der Waals surface area contributed by atoms with Crippen molar-refractivity contribution in [2.45, 2.75) is 52.0 Å². The summed E-state index contributed by atoms with van der Waals surface area (Å²) in [4.78, 5) is 10.0. The normalized spacial score (nSPS) is 10.5. The van der Waals surface area contributed by atoms with E-state index in [0.29, 0.717) is 0 Å². The standard InChI is InChI=1S/C12H23N2.C7HF5O2/c1-3-4-5-6-7-8-9-14-11-10-13(2)12-14;8-2-1(7(13)14)3(9)5(11)6(12)4(2)10/h10-12H,3-9H2,1-2H3;(H,13,14)/q+1;/p-1. The molecule has 0 spiro atoms. The zero-order valence-corrected chi connectivity index (χ0v) is 15.8. The molecule has 0 bridgehead atoms. The molecular formula is C19H23F5N2O2. The Morgan fingerprint density at radius 2 is 1.43 bits per heavy atom. The largest absolute Gasteiger partial charge is 0.545 e. The molecule has 0 aliphatic carbocycles. The number of imidazole rings is 1. The minimum atomic E-state index is -2.47. The Bertz CT molecular complexity index is 764. The van der Waals surface area contributed by atoms with Crippen LogP contribution in [0.25, 0.3) is 0 Å². The van der Waals surface area contributed by atoms with E-state index in [4.69, 9.17) is 0 Å². The second-order valence-electron chi connectivity index (χ2n) is 6.32. The molecule has 0 aliphatic heterocycles. The number of unbranched alkanes of at least 4 members (excludes halogenated alkanes) is 5. The molecule has 1 aromatic carbocycles. The minimum Gasteiger partial charge on any atom is -0.545 e. The summed E-state index contributed by atoms with van der Waals surface area (Å²) in [5.74, 6) is -14.4. The minimum absolute atomic E-state index is 1.17. The van der Waals surface area contributed by atoms with E-state index in [1.165, 1.54) is 45.1 Å². The van der Waals surface area contributed by atoms with Crippen molar-refractivity contribution < 1.29 is 36.4 Å². The summed E-state index contributed by atoms with van der Waals surface area (Å²) in [7, 11) is 2.07. The van der Waals surface area contributed by atoms with Gasteiger partial charge in [-0.1, -0.05) is 32.6 Å². The Morgan fingerprint density at radius 3 is 1.89 bits per heavy atom. The Hall–Kier alpha value is -2.45. The van der Waals surface area contributed by atoms with E-state index >= 15 is 0 Å². The van der Waals surface area contributed by atoms with Crippen LogP contribution in [0, 0.1) is 29.1 Å². The Labute approximate surface area is 160 Å². The molecule has 0 atom stereocenters. The fourth-order valence-electron chi connectivity index (χ4n) is 2.49. The molecule has 2 rings (SSSR count). The number of nitrogens with zero attached hydrogens (tertiary/aromatic N) is 2. The molecule has 2 aromatic rings. The number of halogens is 5. The molecule has 1 heterocycles. The lowest BCUT2D eigenvalue weighted by Gasteiger charge is -2.07. The van der Waals surface area contributed by atoms with E-state index in [9.17, 15) is 31.9 Å². The predicted molar refractivity (Wildman–Crippen MR) is 89.5 cm³/mol. The van der Waals surface area contributed by atoms with E-state index in [1.807, 2.05) is 0 Å². The molecule has 0 N–H and O–H groups in total. The van der Waals surface area contributed by atoms with Crippen LogP contribution in [0.3, 0.4) is 0 Å². The van der Waals surface area contributed by atoms with Crippen LogP contribution >= 0.6 is 0 Å². The number of hydrogen-bond acceptors (Lipinski definition) is 2. The SMILES string of the molecule is CCCCCCCCn1cc[n+](C)c1.O=C([O-])c1c(F)c(F)c(F)c(F)c1F. The van der Waals surface area contributed by atoms with Crippen LogP contribution in [0.15, 0.2) is 18.7 Å². The van der Waals surface area contributed by atoms with Crippen molar-refractivity contribution >= 4 is 5.97 Å². The summed E-state index contributed by atoms with van der Waals surface area (Å²) in [6.45, 7) is 3.44. The van der Waals surface area contributed by atoms with Crippen molar-refractivity contribution in [3.8, 4) is 0 Å². The maximum absolute atomic E-state index is 12.5. The maximum Gasteiger partial charge on any atom is 0.243 e. The highest BCUT2D eigenvalue weighted by Gasteiger charge is 2.25. The average molecular weight is 406 g/mol. The molecule has 9 heteroatoms. The highest BCUT2D eigenvalue weighted by molar-refractivity contribution is 5.86. The van der Waals surface area contributed by atoms with Gasteiger partial charge in [0, 0.05) is 0 Å². The van der Waals surface area contributed by atoms with Crippen LogP contribution in [0.4, 0.5) is 22.0 Å². The zero-order valence-electron chi connectivity index (χ0n) is 15.8. The zero-order chi connectivity index (χ0) is 21.3. The monoisotopic (exact) mass is 406 g/mol. The second-order valence-corrected chi connectivity index (χ2v) is 6.32. The van der Waals surface area contributed by atoms with Gasteiger partial charge in [0.15, 0.2) is 23.3 Å². The van der Waals surface area contributed by atoms with Crippen LogP contribution < -0.4 is 9.67 Å². The summed E-state index contributed by atoms with van der Waals surface area (Å²) >= 11 is 0. The number of carbonyl (C=O) groups is 1. The first-order valence-corrected chi connectivity index (χ1v) is 8.94. The molecule has 1 aromatic heterocycles. The third-order valence-electron chi connectivity index (χ3n) is 4.01. The third kappa shape index (κ3) is 6.61. The first-order chi connectivity index (χ1) is 13.2. The number of aryl methyl sites for hydroxylation is 2. The van der Waals surface area contributed by atoms with Gasteiger partial charge in [0.2, 0.25) is 12.1 Å². The van der Waals surface area contributed by atoms with E-state index in [0.717, 1.165) is 0 Å². The summed E-state index contributed by atoms with van der Waals surface area (Å²) in [6, 6.07) is 0. The highest BCUT2D eigenvalue weighted by atomic mass is 19.2. The topological polar surface area (TPSA) is 48.9 Å². The summed E-state index contributed by atoms with van der Waals surface area (Å²) in [6.07, 6.45) is 14.6. The van der Waals surface area contributed by atoms with Crippen molar-refractivity contribution in [1.29, 1.82) is 0 Å². The van der Waals surface area contributed by atoms with Gasteiger partial charge >= 0.3 is 0 Å². The van der Waals surface area contributed by atoms with Gasteiger partial charge in [-0.15, -0.1) is 0 Å². The van der Waals surface area contributed by atoms with Crippen molar-refractivity contribution in [1.82, 2.24) is 4.57 Å². The van der Waals surface area contributed by atoms with Crippen LogP contribution in [0.1, 0.15) is 55.8 Å². The highest BCUT2D eigenvalue weighted by Crippen LogP contribution is 2.22. The summed E-state index contributed by atoms with van der Waals surface area (Å²) in [5, 5.41) is 10.0. The van der Waals surface area contributed by atoms with Crippen LogP contribution in [-0.2, 0) is 13.6 Å². The van der Waals surface area contributed by atoms with Crippen molar-refractivity contribution in [2.75, 3.05) is 0 Å². The van der Waals surface area contributed by atoms with Crippen LogP contribution in [-0.4, -0.2) is 10.5 Å². The van der Waals surface area contributed by atoms with Gasteiger partial charge in [0.1, 0.15) is 12.4 Å². The number of carboxylic acid groups (broad SMARTS) is 1. The van der Waals surface area contributed by atoms with E-state index < -0.39 is 40.6 Å². The molecule has 0 saturated heterocycles. The Balaban J connectivity index is 0.000000280. The van der Waals surface area contributed by atoms with E-state index in [2.05, 4.69) is 41.8 Å².